The molecule has 0 saturated heterocycles. The maximum atomic E-state index is 13.2. The second-order valence-electron chi connectivity index (χ2n) is 5.40. The summed E-state index contributed by atoms with van der Waals surface area (Å²) in [5.74, 6) is 0.923. The average Bonchev–Trinajstić information content (AvgIpc) is 3.17. The molecule has 0 aliphatic heterocycles. The topological polar surface area (TPSA) is 101 Å². The quantitative estimate of drug-likeness (QED) is 0.761. The van der Waals surface area contributed by atoms with Gasteiger partial charge in [-0.05, 0) is 25.1 Å². The van der Waals surface area contributed by atoms with Crippen molar-refractivity contribution in [3.8, 4) is 23.1 Å². The first-order valence-electron chi connectivity index (χ1n) is 7.37. The van der Waals surface area contributed by atoms with Gasteiger partial charge < -0.3 is 9.15 Å². The van der Waals surface area contributed by atoms with Crippen molar-refractivity contribution in [2.75, 3.05) is 0 Å². The summed E-state index contributed by atoms with van der Waals surface area (Å²) in [7, 11) is 0. The third kappa shape index (κ3) is 3.51. The largest absolute Gasteiger partial charge is 0.487 e. The molecule has 0 fully saturated rings. The number of alkyl halides is 3. The minimum absolute atomic E-state index is 0.0110. The van der Waals surface area contributed by atoms with Crippen LogP contribution < -0.4 is 4.74 Å². The Morgan fingerprint density at radius 2 is 2.00 bits per heavy atom. The van der Waals surface area contributed by atoms with E-state index in [1.807, 2.05) is 0 Å². The van der Waals surface area contributed by atoms with Gasteiger partial charge in [0.1, 0.15) is 35.6 Å². The van der Waals surface area contributed by atoms with Gasteiger partial charge in [0.2, 0.25) is 0 Å². The van der Waals surface area contributed by atoms with E-state index in [-0.39, 0.29) is 29.3 Å². The van der Waals surface area contributed by atoms with Gasteiger partial charge in [-0.1, -0.05) is 0 Å². The Morgan fingerprint density at radius 1 is 1.23 bits per heavy atom. The minimum Gasteiger partial charge on any atom is -0.487 e. The molecule has 1 aromatic carbocycles. The van der Waals surface area contributed by atoms with Crippen LogP contribution >= 0.6 is 0 Å². The number of nitriles is 1. The van der Waals surface area contributed by atoms with Gasteiger partial charge in [0.25, 0.3) is 0 Å². The fraction of sp³-hybridized carbons (Fsp3) is 0.250. The highest BCUT2D eigenvalue weighted by molar-refractivity contribution is 5.67. The lowest BCUT2D eigenvalue weighted by Gasteiger charge is -2.12. The molecule has 10 heteroatoms. The molecule has 2 aromatic heterocycles. The first kappa shape index (κ1) is 17.5. The van der Waals surface area contributed by atoms with Gasteiger partial charge in [0, 0.05) is 12.5 Å². The van der Waals surface area contributed by atoms with E-state index in [2.05, 4.69) is 20.4 Å². The number of halogens is 3. The van der Waals surface area contributed by atoms with Crippen LogP contribution in [0.2, 0.25) is 0 Å². The lowest BCUT2D eigenvalue weighted by atomic mass is 10.1. The SMILES string of the molecule is Cc1nc(COc2cc(-c3n[nH]nc3C#N)cc(C(F)(F)F)c2)c(C)o1. The Morgan fingerprint density at radius 3 is 2.62 bits per heavy atom. The van der Waals surface area contributed by atoms with Crippen molar-refractivity contribution in [1.82, 2.24) is 20.4 Å². The highest BCUT2D eigenvalue weighted by Crippen LogP contribution is 2.36. The number of hydrogen-bond acceptors (Lipinski definition) is 6. The molecule has 0 amide bonds. The number of ether oxygens (including phenoxy) is 1. The van der Waals surface area contributed by atoms with Crippen molar-refractivity contribution in [3.05, 3.63) is 46.8 Å². The van der Waals surface area contributed by atoms with E-state index < -0.39 is 11.7 Å². The number of hydrogen-bond donors (Lipinski definition) is 1. The first-order valence-corrected chi connectivity index (χ1v) is 7.37. The highest BCUT2D eigenvalue weighted by atomic mass is 19.4. The lowest BCUT2D eigenvalue weighted by Crippen LogP contribution is -2.06. The van der Waals surface area contributed by atoms with Gasteiger partial charge >= 0.3 is 6.18 Å². The number of aryl methyl sites for hydroxylation is 2. The van der Waals surface area contributed by atoms with Crippen LogP contribution in [-0.2, 0) is 12.8 Å². The molecule has 0 spiro atoms. The Labute approximate surface area is 145 Å². The average molecular weight is 363 g/mol. The molecule has 3 aromatic rings. The van der Waals surface area contributed by atoms with Crippen molar-refractivity contribution >= 4 is 0 Å². The Kier molecular flexibility index (Phi) is 4.38. The molecule has 0 unspecified atom stereocenters. The summed E-state index contributed by atoms with van der Waals surface area (Å²) < 4.78 is 50.4. The lowest BCUT2D eigenvalue weighted by molar-refractivity contribution is -0.137. The van der Waals surface area contributed by atoms with Crippen LogP contribution in [0.1, 0.15) is 28.6 Å². The van der Waals surface area contributed by atoms with Crippen LogP contribution in [-0.4, -0.2) is 20.4 Å². The molecule has 0 atom stereocenters. The molecule has 0 aliphatic carbocycles. The maximum absolute atomic E-state index is 13.2. The third-order valence-electron chi connectivity index (χ3n) is 3.54. The zero-order valence-electron chi connectivity index (χ0n) is 13.7. The van der Waals surface area contributed by atoms with Crippen molar-refractivity contribution in [1.29, 1.82) is 5.26 Å². The van der Waals surface area contributed by atoms with Crippen LogP contribution in [0.15, 0.2) is 22.6 Å². The molecule has 0 saturated carbocycles. The molecule has 7 nitrogen and oxygen atoms in total. The molecule has 0 aliphatic rings. The number of nitrogens with zero attached hydrogens (tertiary/aromatic N) is 4. The van der Waals surface area contributed by atoms with E-state index in [1.54, 1.807) is 19.9 Å². The summed E-state index contributed by atoms with van der Waals surface area (Å²) in [5, 5.41) is 18.6. The number of nitrogens with one attached hydrogen (secondary N) is 1. The number of aromatic amines is 1. The summed E-state index contributed by atoms with van der Waals surface area (Å²) in [6.07, 6.45) is -4.59. The molecule has 3 rings (SSSR count). The van der Waals surface area contributed by atoms with Crippen molar-refractivity contribution in [3.63, 3.8) is 0 Å². The van der Waals surface area contributed by atoms with E-state index in [4.69, 9.17) is 14.4 Å². The predicted octanol–water partition coefficient (Wildman–Crippen LogP) is 3.55. The fourth-order valence-corrected chi connectivity index (χ4v) is 2.35. The fourth-order valence-electron chi connectivity index (χ4n) is 2.35. The summed E-state index contributed by atoms with van der Waals surface area (Å²) in [6.45, 7) is 3.28. The van der Waals surface area contributed by atoms with Gasteiger partial charge in [-0.3, -0.25) is 0 Å². The standard InChI is InChI=1S/C16H12F3N5O2/c1-8-14(21-9(2)26-8)7-25-12-4-10(3-11(5-12)16(17,18)19)15-13(6-20)22-24-23-15/h3-5H,7H2,1-2H3,(H,22,23,24). The minimum atomic E-state index is -4.59. The van der Waals surface area contributed by atoms with Gasteiger partial charge in [-0.2, -0.15) is 28.7 Å². The number of rotatable bonds is 4. The zero-order valence-corrected chi connectivity index (χ0v) is 13.7. The summed E-state index contributed by atoms with van der Waals surface area (Å²) in [6, 6.07) is 4.89. The molecule has 1 N–H and O–H groups in total. The maximum Gasteiger partial charge on any atom is 0.416 e. The van der Waals surface area contributed by atoms with Gasteiger partial charge in [0.05, 0.1) is 5.56 Å². The van der Waals surface area contributed by atoms with Crippen molar-refractivity contribution in [2.45, 2.75) is 26.6 Å². The Bertz CT molecular complexity index is 985. The van der Waals surface area contributed by atoms with Gasteiger partial charge in [-0.25, -0.2) is 4.98 Å². The van der Waals surface area contributed by atoms with Crippen LogP contribution in [0.5, 0.6) is 5.75 Å². The van der Waals surface area contributed by atoms with Gasteiger partial charge in [-0.15, -0.1) is 5.10 Å². The third-order valence-corrected chi connectivity index (χ3v) is 3.54. The molecular weight excluding hydrogens is 351 g/mol. The van der Waals surface area contributed by atoms with E-state index in [9.17, 15) is 13.2 Å². The number of benzene rings is 1. The molecular formula is C16H12F3N5O2. The van der Waals surface area contributed by atoms with E-state index in [0.29, 0.717) is 17.3 Å². The summed E-state index contributed by atoms with van der Waals surface area (Å²) in [5.41, 5.74) is -0.478. The highest BCUT2D eigenvalue weighted by Gasteiger charge is 2.32. The molecule has 0 radical (unpaired) electrons. The second kappa shape index (κ2) is 6.51. The Hall–Kier alpha value is -3.35. The van der Waals surface area contributed by atoms with Crippen LogP contribution in [0.4, 0.5) is 13.2 Å². The summed E-state index contributed by atoms with van der Waals surface area (Å²) in [4.78, 5) is 4.11. The zero-order chi connectivity index (χ0) is 18.9. The van der Waals surface area contributed by atoms with E-state index in [0.717, 1.165) is 12.1 Å². The Balaban J connectivity index is 1.98. The van der Waals surface area contributed by atoms with Crippen LogP contribution in [0.3, 0.4) is 0 Å². The summed E-state index contributed by atoms with van der Waals surface area (Å²) >= 11 is 0. The smallest absolute Gasteiger partial charge is 0.416 e. The van der Waals surface area contributed by atoms with E-state index >= 15 is 0 Å². The number of aromatic nitrogens is 4. The van der Waals surface area contributed by atoms with Crippen LogP contribution in [0, 0.1) is 25.2 Å². The molecule has 0 bridgehead atoms. The predicted molar refractivity (Wildman–Crippen MR) is 81.8 cm³/mol. The normalized spacial score (nSPS) is 11.4. The van der Waals surface area contributed by atoms with Gasteiger partial charge in [0.15, 0.2) is 11.6 Å². The van der Waals surface area contributed by atoms with Crippen LogP contribution in [0.25, 0.3) is 11.3 Å². The molecule has 2 heterocycles. The molecule has 26 heavy (non-hydrogen) atoms. The van der Waals surface area contributed by atoms with Crippen molar-refractivity contribution < 1.29 is 22.3 Å². The van der Waals surface area contributed by atoms with E-state index in [1.165, 1.54) is 6.07 Å². The second-order valence-corrected chi connectivity index (χ2v) is 5.40. The monoisotopic (exact) mass is 363 g/mol. The first-order chi connectivity index (χ1) is 12.3. The number of H-pyrrole nitrogens is 1. The number of oxazole rings is 1. The molecule has 134 valence electrons. The van der Waals surface area contributed by atoms with Crippen molar-refractivity contribution in [2.24, 2.45) is 0 Å².